The molecule has 9 nitrogen and oxygen atoms in total. The van der Waals surface area contributed by atoms with Crippen molar-refractivity contribution in [3.63, 3.8) is 0 Å². The number of aliphatic imine (C=N–C) groups is 1. The summed E-state index contributed by atoms with van der Waals surface area (Å²) in [5, 5.41) is 11.1. The van der Waals surface area contributed by atoms with Crippen LogP contribution >= 0.6 is 0 Å². The van der Waals surface area contributed by atoms with Gasteiger partial charge >= 0.3 is 0 Å². The van der Waals surface area contributed by atoms with E-state index in [0.717, 1.165) is 76.3 Å². The summed E-state index contributed by atoms with van der Waals surface area (Å²) in [4.78, 5) is 17.8. The van der Waals surface area contributed by atoms with E-state index < -0.39 is 0 Å². The molecule has 1 saturated heterocycles. The first-order valence-corrected chi connectivity index (χ1v) is 11.6. The van der Waals surface area contributed by atoms with Gasteiger partial charge in [-0.25, -0.2) is 14.6 Å². The molecule has 0 radical (unpaired) electrons. The van der Waals surface area contributed by atoms with Crippen molar-refractivity contribution in [2.24, 2.45) is 4.99 Å². The lowest BCUT2D eigenvalue weighted by Gasteiger charge is -2.34. The Hall–Kier alpha value is -3.46. The van der Waals surface area contributed by atoms with Gasteiger partial charge in [-0.15, -0.1) is 0 Å². The number of guanidine groups is 1. The van der Waals surface area contributed by atoms with E-state index in [0.29, 0.717) is 0 Å². The lowest BCUT2D eigenvalue weighted by molar-refractivity contribution is 0.254. The van der Waals surface area contributed by atoms with Crippen molar-refractivity contribution in [1.82, 2.24) is 35.3 Å². The molecule has 0 saturated carbocycles. The van der Waals surface area contributed by atoms with Gasteiger partial charge in [0.15, 0.2) is 5.96 Å². The highest BCUT2D eigenvalue weighted by atomic mass is 15.3. The second kappa shape index (κ2) is 12.0. The van der Waals surface area contributed by atoms with Crippen molar-refractivity contribution in [2.45, 2.75) is 12.8 Å². The van der Waals surface area contributed by atoms with Gasteiger partial charge in [0.1, 0.15) is 0 Å². The average molecular weight is 448 g/mol. The predicted octanol–water partition coefficient (Wildman–Crippen LogP) is 1.58. The van der Waals surface area contributed by atoms with Gasteiger partial charge in [-0.2, -0.15) is 5.10 Å². The molecule has 0 amide bonds. The molecule has 1 aromatic carbocycles. The highest BCUT2D eigenvalue weighted by Crippen LogP contribution is 2.10. The summed E-state index contributed by atoms with van der Waals surface area (Å²) in [7, 11) is 1.82. The molecule has 174 valence electrons. The summed E-state index contributed by atoms with van der Waals surface area (Å²) in [5.74, 6) is 1.69. The summed E-state index contributed by atoms with van der Waals surface area (Å²) in [5.41, 5.74) is 2.36. The van der Waals surface area contributed by atoms with Gasteiger partial charge in [0.25, 0.3) is 0 Å². The first-order valence-electron chi connectivity index (χ1n) is 11.6. The Morgan fingerprint density at radius 3 is 2.39 bits per heavy atom. The number of piperazine rings is 1. The van der Waals surface area contributed by atoms with Crippen molar-refractivity contribution >= 4 is 11.9 Å². The fraction of sp³-hybridized carbons (Fsp3) is 0.417. The van der Waals surface area contributed by atoms with Crippen LogP contribution < -0.4 is 15.5 Å². The number of hydrogen-bond donors (Lipinski definition) is 2. The number of hydrogen-bond acceptors (Lipinski definition) is 6. The molecule has 0 unspecified atom stereocenters. The van der Waals surface area contributed by atoms with Gasteiger partial charge in [0.05, 0.1) is 5.69 Å². The maximum Gasteiger partial charge on any atom is 0.225 e. The van der Waals surface area contributed by atoms with E-state index in [1.807, 2.05) is 30.1 Å². The summed E-state index contributed by atoms with van der Waals surface area (Å²) in [6.07, 6.45) is 9.37. The summed E-state index contributed by atoms with van der Waals surface area (Å²) in [6, 6.07) is 12.3. The van der Waals surface area contributed by atoms with Crippen LogP contribution in [0.2, 0.25) is 0 Å². The van der Waals surface area contributed by atoms with Crippen LogP contribution in [0.5, 0.6) is 0 Å². The maximum atomic E-state index is 4.35. The second-order valence-corrected chi connectivity index (χ2v) is 8.02. The quantitative estimate of drug-likeness (QED) is 0.293. The van der Waals surface area contributed by atoms with Crippen LogP contribution in [-0.2, 0) is 6.42 Å². The van der Waals surface area contributed by atoms with Gasteiger partial charge in [-0.05, 0) is 49.2 Å². The monoisotopic (exact) mass is 447 g/mol. The molecule has 1 aliphatic rings. The van der Waals surface area contributed by atoms with Crippen molar-refractivity contribution in [3.8, 4) is 5.69 Å². The minimum absolute atomic E-state index is 0.836. The number of benzene rings is 1. The van der Waals surface area contributed by atoms with E-state index in [1.54, 1.807) is 18.6 Å². The number of aromatic nitrogens is 4. The molecule has 3 aromatic rings. The zero-order chi connectivity index (χ0) is 22.7. The third-order valence-corrected chi connectivity index (χ3v) is 5.79. The second-order valence-electron chi connectivity index (χ2n) is 8.02. The van der Waals surface area contributed by atoms with Crippen LogP contribution in [0.15, 0.2) is 66.2 Å². The van der Waals surface area contributed by atoms with Crippen molar-refractivity contribution < 1.29 is 0 Å². The standard InChI is InChI=1S/C24H33N9/c1-25-23(27-14-9-21-5-7-22(8-6-21)33-16-4-13-30-33)26-12-3-15-31-17-19-32(20-18-31)24-28-10-2-11-29-24/h2,4-8,10-11,13,16H,3,9,12,14-15,17-20H2,1H3,(H2,25,26,27). The van der Waals surface area contributed by atoms with Crippen molar-refractivity contribution in [3.05, 3.63) is 66.7 Å². The van der Waals surface area contributed by atoms with Gasteiger partial charge < -0.3 is 15.5 Å². The minimum atomic E-state index is 0.836. The molecule has 33 heavy (non-hydrogen) atoms. The number of anilines is 1. The normalized spacial score (nSPS) is 14.9. The Morgan fingerprint density at radius 1 is 0.939 bits per heavy atom. The number of nitrogens with zero attached hydrogens (tertiary/aromatic N) is 7. The van der Waals surface area contributed by atoms with Crippen LogP contribution in [0.1, 0.15) is 12.0 Å². The topological polar surface area (TPSA) is 86.5 Å². The maximum absolute atomic E-state index is 4.35. The van der Waals surface area contributed by atoms with Crippen LogP contribution in [-0.4, -0.2) is 83.5 Å². The first-order chi connectivity index (χ1) is 16.3. The first kappa shape index (κ1) is 22.7. The number of rotatable bonds is 9. The van der Waals surface area contributed by atoms with Crippen LogP contribution in [0, 0.1) is 0 Å². The Balaban J connectivity index is 1.09. The smallest absolute Gasteiger partial charge is 0.225 e. The molecule has 1 fully saturated rings. The van der Waals surface area contributed by atoms with E-state index in [1.165, 1.54) is 5.56 Å². The summed E-state index contributed by atoms with van der Waals surface area (Å²) < 4.78 is 1.87. The van der Waals surface area contributed by atoms with Crippen LogP contribution in [0.3, 0.4) is 0 Å². The lowest BCUT2D eigenvalue weighted by Crippen LogP contribution is -2.47. The Labute approximate surface area is 195 Å². The Morgan fingerprint density at radius 2 is 1.70 bits per heavy atom. The molecule has 4 rings (SSSR count). The minimum Gasteiger partial charge on any atom is -0.356 e. The molecule has 0 aliphatic carbocycles. The Kier molecular flexibility index (Phi) is 8.24. The van der Waals surface area contributed by atoms with Gasteiger partial charge in [0.2, 0.25) is 5.95 Å². The lowest BCUT2D eigenvalue weighted by atomic mass is 10.1. The molecule has 9 heteroatoms. The van der Waals surface area contributed by atoms with E-state index in [2.05, 4.69) is 64.8 Å². The van der Waals surface area contributed by atoms with Gasteiger partial charge in [-0.3, -0.25) is 9.89 Å². The van der Waals surface area contributed by atoms with Crippen LogP contribution in [0.25, 0.3) is 5.69 Å². The predicted molar refractivity (Wildman–Crippen MR) is 132 cm³/mol. The van der Waals surface area contributed by atoms with Gasteiger partial charge in [-0.1, -0.05) is 12.1 Å². The average Bonchev–Trinajstić information content (AvgIpc) is 3.42. The van der Waals surface area contributed by atoms with E-state index in [9.17, 15) is 0 Å². The molecule has 2 aromatic heterocycles. The molecular formula is C24H33N9. The third kappa shape index (κ3) is 6.76. The van der Waals surface area contributed by atoms with E-state index in [-0.39, 0.29) is 0 Å². The SMILES string of the molecule is CN=C(NCCCN1CCN(c2ncccn2)CC1)NCCc1ccc(-n2cccn2)cc1. The summed E-state index contributed by atoms with van der Waals surface area (Å²) in [6.45, 7) is 6.86. The molecule has 2 N–H and O–H groups in total. The molecule has 0 atom stereocenters. The molecule has 3 heterocycles. The highest BCUT2D eigenvalue weighted by molar-refractivity contribution is 5.79. The third-order valence-electron chi connectivity index (χ3n) is 5.79. The molecule has 0 spiro atoms. The number of nitrogens with one attached hydrogen (secondary N) is 2. The van der Waals surface area contributed by atoms with E-state index >= 15 is 0 Å². The largest absolute Gasteiger partial charge is 0.356 e. The molecular weight excluding hydrogens is 414 g/mol. The zero-order valence-corrected chi connectivity index (χ0v) is 19.3. The summed E-state index contributed by atoms with van der Waals surface area (Å²) >= 11 is 0. The fourth-order valence-corrected chi connectivity index (χ4v) is 3.92. The van der Waals surface area contributed by atoms with Crippen LogP contribution in [0.4, 0.5) is 5.95 Å². The fourth-order valence-electron chi connectivity index (χ4n) is 3.92. The van der Waals surface area contributed by atoms with Gasteiger partial charge in [0, 0.05) is 71.1 Å². The van der Waals surface area contributed by atoms with Crippen molar-refractivity contribution in [2.75, 3.05) is 57.8 Å². The van der Waals surface area contributed by atoms with E-state index in [4.69, 9.17) is 0 Å². The molecule has 0 bridgehead atoms. The van der Waals surface area contributed by atoms with Crippen molar-refractivity contribution in [1.29, 1.82) is 0 Å². The highest BCUT2D eigenvalue weighted by Gasteiger charge is 2.18. The zero-order valence-electron chi connectivity index (χ0n) is 19.3. The Bertz CT molecular complexity index is 963. The molecule has 1 aliphatic heterocycles.